The van der Waals surface area contributed by atoms with Crippen molar-refractivity contribution in [3.63, 3.8) is 0 Å². The summed E-state index contributed by atoms with van der Waals surface area (Å²) in [4.78, 5) is 0. The zero-order chi connectivity index (χ0) is 11.4. The monoisotopic (exact) mass is 229 g/mol. The Balaban J connectivity index is 3.12. The Labute approximate surface area is 95.2 Å². The second-order valence-electron chi connectivity index (χ2n) is 3.58. The normalized spacial score (nSPS) is 12.6. The number of hydrogen-bond donors (Lipinski definition) is 1. The Morgan fingerprint density at radius 2 is 1.73 bits per heavy atom. The maximum Gasteiger partial charge on any atom is 0.180 e. The summed E-state index contributed by atoms with van der Waals surface area (Å²) in [6.07, 6.45) is 1.79. The van der Waals surface area contributed by atoms with Crippen LogP contribution in [0.1, 0.15) is 25.0 Å². The van der Waals surface area contributed by atoms with Crippen molar-refractivity contribution in [3.8, 4) is 10.1 Å². The van der Waals surface area contributed by atoms with E-state index in [0.717, 1.165) is 23.0 Å². The van der Waals surface area contributed by atoms with Crippen molar-refractivity contribution in [3.05, 3.63) is 11.1 Å². The van der Waals surface area contributed by atoms with E-state index in [2.05, 4.69) is 6.92 Å². The van der Waals surface area contributed by atoms with Crippen molar-refractivity contribution in [2.45, 2.75) is 32.7 Å². The molecule has 0 amide bonds. The minimum atomic E-state index is 0.142. The van der Waals surface area contributed by atoms with Crippen LogP contribution in [0.3, 0.4) is 0 Å². The van der Waals surface area contributed by atoms with E-state index in [4.69, 9.17) is 15.2 Å². The Kier molecular flexibility index (Phi) is 4.42. The van der Waals surface area contributed by atoms with Gasteiger partial charge in [-0.25, -0.2) is 0 Å². The molecule has 0 bridgehead atoms. The SMILES string of the molecule is CCc1c(OC)sc(OC)c1CC(C)N. The molecule has 86 valence electrons. The van der Waals surface area contributed by atoms with Crippen molar-refractivity contribution in [2.75, 3.05) is 14.2 Å². The summed E-state index contributed by atoms with van der Waals surface area (Å²) in [5.41, 5.74) is 8.27. The minimum Gasteiger partial charge on any atom is -0.487 e. The van der Waals surface area contributed by atoms with Gasteiger partial charge in [-0.05, 0) is 19.8 Å². The lowest BCUT2D eigenvalue weighted by Crippen LogP contribution is -2.18. The fourth-order valence-electron chi connectivity index (χ4n) is 1.67. The van der Waals surface area contributed by atoms with Gasteiger partial charge >= 0.3 is 0 Å². The second-order valence-corrected chi connectivity index (χ2v) is 4.52. The van der Waals surface area contributed by atoms with Crippen LogP contribution in [-0.2, 0) is 12.8 Å². The van der Waals surface area contributed by atoms with Crippen LogP contribution in [-0.4, -0.2) is 20.3 Å². The lowest BCUT2D eigenvalue weighted by atomic mass is 10.0. The first-order chi connectivity index (χ1) is 7.13. The molecule has 1 aromatic heterocycles. The van der Waals surface area contributed by atoms with Crippen molar-refractivity contribution < 1.29 is 9.47 Å². The summed E-state index contributed by atoms with van der Waals surface area (Å²) in [5, 5.41) is 1.88. The van der Waals surface area contributed by atoms with Crippen LogP contribution >= 0.6 is 11.3 Å². The number of rotatable bonds is 5. The van der Waals surface area contributed by atoms with Gasteiger partial charge in [-0.2, -0.15) is 0 Å². The highest BCUT2D eigenvalue weighted by atomic mass is 32.1. The van der Waals surface area contributed by atoms with Crippen LogP contribution in [0.2, 0.25) is 0 Å². The lowest BCUT2D eigenvalue weighted by Gasteiger charge is -2.08. The topological polar surface area (TPSA) is 44.5 Å². The standard InChI is InChI=1S/C11H19NO2S/c1-5-8-9(6-7(2)12)11(14-4)15-10(8)13-3/h7H,5-6,12H2,1-4H3. The van der Waals surface area contributed by atoms with Gasteiger partial charge in [-0.1, -0.05) is 18.3 Å². The average Bonchev–Trinajstić information content (AvgIpc) is 2.54. The summed E-state index contributed by atoms with van der Waals surface area (Å²) >= 11 is 1.55. The summed E-state index contributed by atoms with van der Waals surface area (Å²) in [5.74, 6) is 0. The maximum absolute atomic E-state index is 5.83. The molecule has 1 aromatic rings. The molecule has 0 aliphatic rings. The van der Waals surface area contributed by atoms with Crippen LogP contribution < -0.4 is 15.2 Å². The number of ether oxygens (including phenoxy) is 2. The molecule has 0 aliphatic heterocycles. The molecule has 0 spiro atoms. The van der Waals surface area contributed by atoms with E-state index < -0.39 is 0 Å². The third kappa shape index (κ3) is 2.63. The molecule has 1 unspecified atom stereocenters. The van der Waals surface area contributed by atoms with Crippen molar-refractivity contribution in [1.29, 1.82) is 0 Å². The van der Waals surface area contributed by atoms with E-state index in [1.165, 1.54) is 11.1 Å². The predicted octanol–water partition coefficient (Wildman–Crippen LogP) is 2.22. The number of nitrogens with two attached hydrogens (primary N) is 1. The van der Waals surface area contributed by atoms with Gasteiger partial charge in [0.15, 0.2) is 10.1 Å². The van der Waals surface area contributed by atoms with Gasteiger partial charge in [0.05, 0.1) is 14.2 Å². The van der Waals surface area contributed by atoms with E-state index in [1.54, 1.807) is 25.6 Å². The Morgan fingerprint density at radius 3 is 2.13 bits per heavy atom. The molecule has 0 radical (unpaired) electrons. The Bertz CT molecular complexity index is 321. The van der Waals surface area contributed by atoms with Gasteiger partial charge in [-0.15, -0.1) is 0 Å². The largest absolute Gasteiger partial charge is 0.487 e. The van der Waals surface area contributed by atoms with Gasteiger partial charge in [-0.3, -0.25) is 0 Å². The lowest BCUT2D eigenvalue weighted by molar-refractivity contribution is 0.420. The first-order valence-electron chi connectivity index (χ1n) is 5.12. The van der Waals surface area contributed by atoms with E-state index in [1.807, 2.05) is 6.92 Å². The first kappa shape index (κ1) is 12.3. The van der Waals surface area contributed by atoms with E-state index in [0.29, 0.717) is 0 Å². The summed E-state index contributed by atoms with van der Waals surface area (Å²) < 4.78 is 10.7. The zero-order valence-electron chi connectivity index (χ0n) is 9.79. The molecule has 1 atom stereocenters. The van der Waals surface area contributed by atoms with Crippen molar-refractivity contribution >= 4 is 11.3 Å². The molecule has 1 heterocycles. The van der Waals surface area contributed by atoms with E-state index in [-0.39, 0.29) is 6.04 Å². The highest BCUT2D eigenvalue weighted by Crippen LogP contribution is 2.41. The average molecular weight is 229 g/mol. The van der Waals surface area contributed by atoms with E-state index in [9.17, 15) is 0 Å². The summed E-state index contributed by atoms with van der Waals surface area (Å²) in [6, 6.07) is 0.142. The Morgan fingerprint density at radius 1 is 1.20 bits per heavy atom. The summed E-state index contributed by atoms with van der Waals surface area (Å²) in [6.45, 7) is 4.12. The van der Waals surface area contributed by atoms with Crippen molar-refractivity contribution in [2.24, 2.45) is 5.73 Å². The van der Waals surface area contributed by atoms with Crippen LogP contribution in [0, 0.1) is 0 Å². The van der Waals surface area contributed by atoms with Gasteiger partial charge in [0.25, 0.3) is 0 Å². The molecule has 15 heavy (non-hydrogen) atoms. The highest BCUT2D eigenvalue weighted by molar-refractivity contribution is 7.16. The van der Waals surface area contributed by atoms with Gasteiger partial charge in [0, 0.05) is 17.2 Å². The predicted molar refractivity (Wildman–Crippen MR) is 64.2 cm³/mol. The van der Waals surface area contributed by atoms with E-state index >= 15 is 0 Å². The number of methoxy groups -OCH3 is 2. The zero-order valence-corrected chi connectivity index (χ0v) is 10.6. The molecule has 4 heteroatoms. The van der Waals surface area contributed by atoms with Crippen molar-refractivity contribution in [1.82, 2.24) is 0 Å². The molecule has 0 saturated carbocycles. The molecule has 0 fully saturated rings. The molecule has 1 rings (SSSR count). The maximum atomic E-state index is 5.83. The third-order valence-electron chi connectivity index (χ3n) is 2.29. The van der Waals surface area contributed by atoms with Gasteiger partial charge in [0.2, 0.25) is 0 Å². The molecule has 3 nitrogen and oxygen atoms in total. The molecule has 0 saturated heterocycles. The molecule has 0 aliphatic carbocycles. The highest BCUT2D eigenvalue weighted by Gasteiger charge is 2.18. The molecular formula is C11H19NO2S. The van der Waals surface area contributed by atoms with Crippen LogP contribution in [0.5, 0.6) is 10.1 Å². The van der Waals surface area contributed by atoms with Crippen LogP contribution in [0.15, 0.2) is 0 Å². The fourth-order valence-corrected chi connectivity index (χ4v) is 2.73. The van der Waals surface area contributed by atoms with Gasteiger partial charge in [0.1, 0.15) is 0 Å². The number of hydrogen-bond acceptors (Lipinski definition) is 4. The van der Waals surface area contributed by atoms with Crippen LogP contribution in [0.4, 0.5) is 0 Å². The van der Waals surface area contributed by atoms with Crippen LogP contribution in [0.25, 0.3) is 0 Å². The fraction of sp³-hybridized carbons (Fsp3) is 0.636. The Hall–Kier alpha value is -0.740. The quantitative estimate of drug-likeness (QED) is 0.842. The third-order valence-corrected chi connectivity index (χ3v) is 3.49. The summed E-state index contributed by atoms with van der Waals surface area (Å²) in [7, 11) is 3.38. The minimum absolute atomic E-state index is 0.142. The molecular weight excluding hydrogens is 210 g/mol. The first-order valence-corrected chi connectivity index (χ1v) is 5.93. The molecule has 2 N–H and O–H groups in total. The smallest absolute Gasteiger partial charge is 0.180 e. The second kappa shape index (κ2) is 5.37. The number of thiophene rings is 1. The van der Waals surface area contributed by atoms with Gasteiger partial charge < -0.3 is 15.2 Å². The molecule has 0 aromatic carbocycles.